The van der Waals surface area contributed by atoms with E-state index < -0.39 is 0 Å². The molecule has 1 N–H and O–H groups in total. The first-order valence-corrected chi connectivity index (χ1v) is 7.22. The predicted octanol–water partition coefficient (Wildman–Crippen LogP) is 1.75. The summed E-state index contributed by atoms with van der Waals surface area (Å²) in [5, 5.41) is 3.60. The van der Waals surface area contributed by atoms with Gasteiger partial charge in [0.2, 0.25) is 0 Å². The first kappa shape index (κ1) is 17.8. The van der Waals surface area contributed by atoms with Crippen LogP contribution < -0.4 is 5.32 Å². The number of nitrogens with one attached hydrogen (secondary N) is 1. The fraction of sp³-hybridized carbons (Fsp3) is 1.00. The molecule has 0 aromatic rings. The normalized spacial score (nSPS) is 11.7. The van der Waals surface area contributed by atoms with Crippen LogP contribution in [0.3, 0.4) is 0 Å². The summed E-state index contributed by atoms with van der Waals surface area (Å²) in [6.07, 6.45) is 3.50. The van der Waals surface area contributed by atoms with Crippen LogP contribution in [0.2, 0.25) is 0 Å². The topological polar surface area (TPSA) is 33.7 Å². The van der Waals surface area contributed by atoms with Gasteiger partial charge in [-0.25, -0.2) is 0 Å². The van der Waals surface area contributed by atoms with Gasteiger partial charge in [0.1, 0.15) is 0 Å². The smallest absolute Gasteiger partial charge is 0.0589 e. The molecule has 110 valence electrons. The molecule has 0 amide bonds. The molecule has 0 aromatic carbocycles. The lowest BCUT2D eigenvalue weighted by Crippen LogP contribution is -2.38. The molecule has 0 saturated carbocycles. The van der Waals surface area contributed by atoms with Crippen LogP contribution in [-0.2, 0) is 9.47 Å². The Hall–Kier alpha value is -0.160. The lowest BCUT2D eigenvalue weighted by atomic mass is 10.2. The number of methoxy groups -OCH3 is 2. The van der Waals surface area contributed by atoms with Gasteiger partial charge < -0.3 is 14.8 Å². The average molecular weight is 260 g/mol. The maximum atomic E-state index is 5.16. The van der Waals surface area contributed by atoms with Gasteiger partial charge in [-0.3, -0.25) is 4.90 Å². The summed E-state index contributed by atoms with van der Waals surface area (Å²) >= 11 is 0. The van der Waals surface area contributed by atoms with E-state index in [4.69, 9.17) is 9.47 Å². The molecule has 0 aliphatic heterocycles. The number of hydrogen-bond acceptors (Lipinski definition) is 4. The minimum atomic E-state index is 0.660. The maximum Gasteiger partial charge on any atom is 0.0589 e. The van der Waals surface area contributed by atoms with E-state index in [1.54, 1.807) is 14.2 Å². The van der Waals surface area contributed by atoms with E-state index in [2.05, 4.69) is 24.1 Å². The molecule has 0 atom stereocenters. The van der Waals surface area contributed by atoms with Gasteiger partial charge in [-0.1, -0.05) is 13.8 Å². The largest absolute Gasteiger partial charge is 0.385 e. The van der Waals surface area contributed by atoms with Gasteiger partial charge in [-0.05, 0) is 19.3 Å². The van der Waals surface area contributed by atoms with Gasteiger partial charge in [0.05, 0.1) is 6.61 Å². The van der Waals surface area contributed by atoms with Crippen molar-refractivity contribution < 1.29 is 9.47 Å². The van der Waals surface area contributed by atoms with Gasteiger partial charge in [0.25, 0.3) is 0 Å². The summed E-state index contributed by atoms with van der Waals surface area (Å²) in [7, 11) is 3.52. The minimum absolute atomic E-state index is 0.660. The molecule has 0 fully saturated rings. The van der Waals surface area contributed by atoms with Crippen molar-refractivity contribution >= 4 is 0 Å². The molecule has 0 rings (SSSR count). The van der Waals surface area contributed by atoms with Gasteiger partial charge in [0, 0.05) is 53.0 Å². The fourth-order valence-electron chi connectivity index (χ4n) is 1.99. The Bertz CT molecular complexity index is 164. The van der Waals surface area contributed by atoms with E-state index in [-0.39, 0.29) is 0 Å². The highest BCUT2D eigenvalue weighted by atomic mass is 16.5. The highest BCUT2D eigenvalue weighted by Gasteiger charge is 2.06. The first-order chi connectivity index (χ1) is 8.78. The van der Waals surface area contributed by atoms with Crippen molar-refractivity contribution in [1.29, 1.82) is 0 Å². The Morgan fingerprint density at radius 3 is 2.17 bits per heavy atom. The van der Waals surface area contributed by atoms with Crippen molar-refractivity contribution in [2.24, 2.45) is 0 Å². The molecule has 0 spiro atoms. The van der Waals surface area contributed by atoms with Crippen molar-refractivity contribution in [3.8, 4) is 0 Å². The third-order valence-electron chi connectivity index (χ3n) is 3.28. The first-order valence-electron chi connectivity index (χ1n) is 7.22. The molecule has 0 aliphatic rings. The minimum Gasteiger partial charge on any atom is -0.385 e. The molecule has 0 aliphatic carbocycles. The third kappa shape index (κ3) is 9.83. The van der Waals surface area contributed by atoms with Crippen LogP contribution in [-0.4, -0.2) is 64.6 Å². The van der Waals surface area contributed by atoms with Gasteiger partial charge in [-0.15, -0.1) is 0 Å². The van der Waals surface area contributed by atoms with Crippen LogP contribution in [0.5, 0.6) is 0 Å². The predicted molar refractivity (Wildman–Crippen MR) is 77.2 cm³/mol. The second-order valence-corrected chi connectivity index (χ2v) is 4.65. The summed E-state index contributed by atoms with van der Waals surface area (Å²) in [4.78, 5) is 2.44. The molecule has 0 bridgehead atoms. The van der Waals surface area contributed by atoms with Gasteiger partial charge in [-0.2, -0.15) is 0 Å². The van der Waals surface area contributed by atoms with Crippen LogP contribution >= 0.6 is 0 Å². The molecular weight excluding hydrogens is 228 g/mol. The van der Waals surface area contributed by atoms with Gasteiger partial charge in [0.15, 0.2) is 0 Å². The Labute approximate surface area is 113 Å². The molecule has 18 heavy (non-hydrogen) atoms. The number of nitrogens with zero attached hydrogens (tertiary/aromatic N) is 1. The van der Waals surface area contributed by atoms with E-state index >= 15 is 0 Å². The lowest BCUT2D eigenvalue weighted by Gasteiger charge is -2.23. The van der Waals surface area contributed by atoms with Crippen LogP contribution in [0.15, 0.2) is 0 Å². The number of rotatable bonds is 13. The molecule has 0 heterocycles. The molecule has 0 unspecified atom stereocenters. The van der Waals surface area contributed by atoms with E-state index in [0.717, 1.165) is 45.8 Å². The van der Waals surface area contributed by atoms with Gasteiger partial charge >= 0.3 is 0 Å². The molecule has 4 nitrogen and oxygen atoms in total. The van der Waals surface area contributed by atoms with Crippen LogP contribution in [0, 0.1) is 0 Å². The van der Waals surface area contributed by atoms with Crippen LogP contribution in [0.25, 0.3) is 0 Å². The van der Waals surface area contributed by atoms with E-state index in [1.165, 1.54) is 12.8 Å². The number of hydrogen-bond donors (Lipinski definition) is 1. The lowest BCUT2D eigenvalue weighted by molar-refractivity contribution is 0.132. The summed E-state index contributed by atoms with van der Waals surface area (Å²) in [6.45, 7) is 10.4. The van der Waals surface area contributed by atoms with E-state index in [1.807, 2.05) is 0 Å². The Balaban J connectivity index is 3.76. The Morgan fingerprint density at radius 2 is 1.61 bits per heavy atom. The quantitative estimate of drug-likeness (QED) is 0.512. The summed E-state index contributed by atoms with van der Waals surface area (Å²) in [5.74, 6) is 0. The van der Waals surface area contributed by atoms with E-state index in [9.17, 15) is 0 Å². The highest BCUT2D eigenvalue weighted by Crippen LogP contribution is 1.97. The number of ether oxygens (including phenoxy) is 2. The third-order valence-corrected chi connectivity index (χ3v) is 3.28. The standard InChI is InChI=1S/C14H32N2O2/c1-5-14(6-2)15-8-10-16(11-13-18-4)9-7-12-17-3/h14-15H,5-13H2,1-4H3. The van der Waals surface area contributed by atoms with Crippen molar-refractivity contribution in [2.45, 2.75) is 39.2 Å². The average Bonchev–Trinajstić information content (AvgIpc) is 2.40. The highest BCUT2D eigenvalue weighted by molar-refractivity contribution is 4.65. The van der Waals surface area contributed by atoms with Crippen LogP contribution in [0.1, 0.15) is 33.1 Å². The zero-order chi connectivity index (χ0) is 13.6. The maximum absolute atomic E-state index is 5.16. The summed E-state index contributed by atoms with van der Waals surface area (Å²) < 4.78 is 10.3. The second kappa shape index (κ2) is 13.3. The molecule has 0 radical (unpaired) electrons. The molecule has 0 saturated heterocycles. The SMILES string of the molecule is CCC(CC)NCCN(CCCOC)CCOC. The summed E-state index contributed by atoms with van der Waals surface area (Å²) in [6, 6.07) is 0.660. The molecular formula is C14H32N2O2. The van der Waals surface area contributed by atoms with Crippen molar-refractivity contribution in [3.63, 3.8) is 0 Å². The van der Waals surface area contributed by atoms with Crippen molar-refractivity contribution in [3.05, 3.63) is 0 Å². The molecule has 0 aromatic heterocycles. The van der Waals surface area contributed by atoms with Crippen molar-refractivity contribution in [2.75, 3.05) is 53.6 Å². The second-order valence-electron chi connectivity index (χ2n) is 4.65. The van der Waals surface area contributed by atoms with Crippen molar-refractivity contribution in [1.82, 2.24) is 10.2 Å². The Kier molecular flexibility index (Phi) is 13.2. The Morgan fingerprint density at radius 1 is 0.944 bits per heavy atom. The molecule has 4 heteroatoms. The fourth-order valence-corrected chi connectivity index (χ4v) is 1.99. The zero-order valence-corrected chi connectivity index (χ0v) is 12.7. The summed E-state index contributed by atoms with van der Waals surface area (Å²) in [5.41, 5.74) is 0. The monoisotopic (exact) mass is 260 g/mol. The zero-order valence-electron chi connectivity index (χ0n) is 12.7. The van der Waals surface area contributed by atoms with E-state index in [0.29, 0.717) is 6.04 Å². The van der Waals surface area contributed by atoms with Crippen LogP contribution in [0.4, 0.5) is 0 Å².